The van der Waals surface area contributed by atoms with E-state index in [1.54, 1.807) is 23.6 Å². The van der Waals surface area contributed by atoms with E-state index >= 15 is 0 Å². The molecule has 1 aliphatic heterocycles. The fourth-order valence-electron chi connectivity index (χ4n) is 4.34. The Morgan fingerprint density at radius 2 is 1.74 bits per heavy atom. The second-order valence-electron chi connectivity index (χ2n) is 9.22. The van der Waals surface area contributed by atoms with Crippen LogP contribution in [0.3, 0.4) is 0 Å². The summed E-state index contributed by atoms with van der Waals surface area (Å²) in [6.07, 6.45) is -3.65. The summed E-state index contributed by atoms with van der Waals surface area (Å²) in [7, 11) is -3.66. The van der Waals surface area contributed by atoms with Crippen LogP contribution in [0.2, 0.25) is 0 Å². The van der Waals surface area contributed by atoms with Crippen LogP contribution in [-0.4, -0.2) is 64.3 Å². The van der Waals surface area contributed by atoms with Gasteiger partial charge in [0.1, 0.15) is 9.77 Å². The van der Waals surface area contributed by atoms with Gasteiger partial charge in [0.05, 0.1) is 11.9 Å². The van der Waals surface area contributed by atoms with Crippen molar-refractivity contribution in [3.63, 3.8) is 0 Å². The molecule has 4 aromatic rings. The van der Waals surface area contributed by atoms with Crippen LogP contribution in [0.5, 0.6) is 0 Å². The maximum absolute atomic E-state index is 14.0. The number of nitrogens with zero attached hydrogens (tertiary/aromatic N) is 5. The highest BCUT2D eigenvalue weighted by molar-refractivity contribution is 7.91. The summed E-state index contributed by atoms with van der Waals surface area (Å²) >= 11 is 1.11. The molecule has 0 spiro atoms. The average molecular weight is 564 g/mol. The van der Waals surface area contributed by atoms with E-state index in [0.29, 0.717) is 10.1 Å². The van der Waals surface area contributed by atoms with Crippen LogP contribution in [0.4, 0.5) is 13.2 Å². The first-order valence-electron chi connectivity index (χ1n) is 11.9. The normalized spacial score (nSPS) is 15.5. The molecule has 1 amide bonds. The van der Waals surface area contributed by atoms with Crippen molar-refractivity contribution in [3.8, 4) is 11.3 Å². The van der Waals surface area contributed by atoms with Gasteiger partial charge in [0.2, 0.25) is 0 Å². The minimum absolute atomic E-state index is 0.0693. The Morgan fingerprint density at radius 3 is 2.32 bits per heavy atom. The first-order chi connectivity index (χ1) is 18.0. The molecule has 38 heavy (non-hydrogen) atoms. The lowest BCUT2D eigenvalue weighted by atomic mass is 10.0. The zero-order valence-corrected chi connectivity index (χ0v) is 22.1. The van der Waals surface area contributed by atoms with Crippen molar-refractivity contribution >= 4 is 32.9 Å². The number of amides is 1. The van der Waals surface area contributed by atoms with Gasteiger partial charge >= 0.3 is 6.18 Å². The van der Waals surface area contributed by atoms with E-state index in [0.717, 1.165) is 29.2 Å². The highest BCUT2D eigenvalue weighted by Gasteiger charge is 2.37. The summed E-state index contributed by atoms with van der Waals surface area (Å²) < 4.78 is 69.7. The van der Waals surface area contributed by atoms with Crippen LogP contribution in [0.25, 0.3) is 16.9 Å². The topological polar surface area (TPSA) is 87.9 Å². The van der Waals surface area contributed by atoms with Gasteiger partial charge in [-0.1, -0.05) is 44.2 Å². The summed E-state index contributed by atoms with van der Waals surface area (Å²) in [5.74, 6) is -0.300. The summed E-state index contributed by atoms with van der Waals surface area (Å²) in [5.41, 5.74) is 0.255. The molecule has 200 valence electrons. The molecule has 0 radical (unpaired) electrons. The molecular weight excluding hydrogens is 539 g/mol. The van der Waals surface area contributed by atoms with E-state index in [4.69, 9.17) is 0 Å². The van der Waals surface area contributed by atoms with E-state index in [1.165, 1.54) is 15.3 Å². The van der Waals surface area contributed by atoms with E-state index in [9.17, 15) is 26.4 Å². The van der Waals surface area contributed by atoms with E-state index in [1.807, 2.05) is 26.0 Å². The molecule has 8 nitrogen and oxygen atoms in total. The van der Waals surface area contributed by atoms with E-state index < -0.39 is 27.8 Å². The molecule has 5 rings (SSSR count). The van der Waals surface area contributed by atoms with Crippen molar-refractivity contribution in [2.75, 3.05) is 26.2 Å². The van der Waals surface area contributed by atoms with E-state index in [-0.39, 0.29) is 53.2 Å². The first kappa shape index (κ1) is 26.3. The second-order valence-corrected chi connectivity index (χ2v) is 12.3. The van der Waals surface area contributed by atoms with Gasteiger partial charge in [0.15, 0.2) is 11.3 Å². The van der Waals surface area contributed by atoms with Crippen LogP contribution >= 0.6 is 11.3 Å². The van der Waals surface area contributed by atoms with Crippen LogP contribution in [0.1, 0.15) is 41.4 Å². The van der Waals surface area contributed by atoms with Gasteiger partial charge < -0.3 is 4.90 Å². The lowest BCUT2D eigenvalue weighted by Crippen LogP contribution is -2.50. The number of alkyl halides is 3. The number of hydrogen-bond donors (Lipinski definition) is 0. The minimum atomic E-state index is -4.73. The largest absolute Gasteiger partial charge is 0.433 e. The molecule has 0 saturated carbocycles. The Morgan fingerprint density at radius 1 is 1.05 bits per heavy atom. The number of piperazine rings is 1. The molecule has 0 aliphatic carbocycles. The summed E-state index contributed by atoms with van der Waals surface area (Å²) in [4.78, 5) is 19.2. The number of rotatable bonds is 5. The maximum atomic E-state index is 14.0. The Labute approximate surface area is 221 Å². The van der Waals surface area contributed by atoms with Gasteiger partial charge in [-0.3, -0.25) is 4.79 Å². The number of benzene rings is 1. The Hall–Kier alpha value is -3.29. The summed E-state index contributed by atoms with van der Waals surface area (Å²) in [6, 6.07) is 11.2. The Kier molecular flexibility index (Phi) is 6.78. The molecule has 4 heterocycles. The second kappa shape index (κ2) is 9.79. The molecule has 0 unspecified atom stereocenters. The molecule has 0 atom stereocenters. The zero-order chi connectivity index (χ0) is 27.2. The minimum Gasteiger partial charge on any atom is -0.336 e. The molecule has 0 bridgehead atoms. The fourth-order valence-corrected chi connectivity index (χ4v) is 6.91. The van der Waals surface area contributed by atoms with Crippen LogP contribution in [0, 0.1) is 0 Å². The molecule has 1 saturated heterocycles. The lowest BCUT2D eigenvalue weighted by molar-refractivity contribution is -0.142. The number of hydrogen-bond acceptors (Lipinski definition) is 6. The third kappa shape index (κ3) is 4.81. The molecular formula is C25H24F3N5O3S2. The monoisotopic (exact) mass is 563 g/mol. The third-order valence-corrected chi connectivity index (χ3v) is 9.75. The van der Waals surface area contributed by atoms with Crippen molar-refractivity contribution in [2.24, 2.45) is 0 Å². The van der Waals surface area contributed by atoms with Crippen LogP contribution in [0.15, 0.2) is 58.3 Å². The van der Waals surface area contributed by atoms with Gasteiger partial charge in [-0.15, -0.1) is 11.3 Å². The van der Waals surface area contributed by atoms with Gasteiger partial charge in [-0.2, -0.15) is 22.6 Å². The molecule has 1 fully saturated rings. The van der Waals surface area contributed by atoms with Crippen molar-refractivity contribution in [2.45, 2.75) is 30.2 Å². The zero-order valence-electron chi connectivity index (χ0n) is 20.5. The lowest BCUT2D eigenvalue weighted by Gasteiger charge is -2.33. The fraction of sp³-hybridized carbons (Fsp3) is 0.320. The molecule has 1 aromatic carbocycles. The summed E-state index contributed by atoms with van der Waals surface area (Å²) in [6.45, 7) is 4.34. The van der Waals surface area contributed by atoms with E-state index in [2.05, 4.69) is 10.1 Å². The molecule has 13 heteroatoms. The van der Waals surface area contributed by atoms with Crippen molar-refractivity contribution in [3.05, 3.63) is 70.9 Å². The summed E-state index contributed by atoms with van der Waals surface area (Å²) in [5, 5.41) is 5.52. The molecule has 0 N–H and O–H groups in total. The number of carbonyl (C=O) groups is 1. The average Bonchev–Trinajstić information content (AvgIpc) is 3.58. The van der Waals surface area contributed by atoms with Crippen LogP contribution in [-0.2, 0) is 16.2 Å². The number of sulfonamides is 1. The van der Waals surface area contributed by atoms with Crippen LogP contribution < -0.4 is 0 Å². The molecule has 3 aromatic heterocycles. The predicted octanol–water partition coefficient (Wildman–Crippen LogP) is 4.75. The predicted molar refractivity (Wildman–Crippen MR) is 136 cm³/mol. The number of halogens is 3. The smallest absolute Gasteiger partial charge is 0.336 e. The van der Waals surface area contributed by atoms with Gasteiger partial charge in [-0.25, -0.2) is 17.9 Å². The molecule has 1 aliphatic rings. The number of carbonyl (C=O) groups excluding carboxylic acids is 1. The van der Waals surface area contributed by atoms with Crippen molar-refractivity contribution in [1.82, 2.24) is 23.8 Å². The number of thiophene rings is 1. The Bertz CT molecular complexity index is 1570. The first-order valence-corrected chi connectivity index (χ1v) is 14.2. The highest BCUT2D eigenvalue weighted by atomic mass is 32.2. The van der Waals surface area contributed by atoms with Gasteiger partial charge in [-0.05, 0) is 29.0 Å². The highest BCUT2D eigenvalue weighted by Crippen LogP contribution is 2.33. The quantitative estimate of drug-likeness (QED) is 0.350. The van der Waals surface area contributed by atoms with Gasteiger partial charge in [0, 0.05) is 31.7 Å². The third-order valence-electron chi connectivity index (χ3n) is 6.48. The number of aromatic nitrogens is 3. The maximum Gasteiger partial charge on any atom is 0.433 e. The van der Waals surface area contributed by atoms with Gasteiger partial charge in [0.25, 0.3) is 15.9 Å². The van der Waals surface area contributed by atoms with Crippen molar-refractivity contribution < 1.29 is 26.4 Å². The Balaban J connectivity index is 1.46. The SMILES string of the molecule is CC(C)c1ccc(-c2cc(C(F)(F)F)n3ncc(C(=O)N4CCN(S(=O)(=O)c5cccs5)CC4)c3n2)cc1. The standard InChI is InChI=1S/C25H24F3N5O3S2/c1-16(2)17-5-7-18(8-6-17)20-14-21(25(26,27)28)33-23(30-20)19(15-29-33)24(34)31-9-11-32(12-10-31)38(35,36)22-4-3-13-37-22/h3-8,13-16H,9-12H2,1-2H3. The number of fused-ring (bicyclic) bond motifs is 1. The van der Waals surface area contributed by atoms with Crippen molar-refractivity contribution in [1.29, 1.82) is 0 Å².